The van der Waals surface area contributed by atoms with E-state index < -0.39 is 9.05 Å². The lowest BCUT2D eigenvalue weighted by atomic mass is 10.5. The second-order valence-electron chi connectivity index (χ2n) is 4.97. The van der Waals surface area contributed by atoms with Crippen LogP contribution in [0.5, 0.6) is 0 Å². The van der Waals surface area contributed by atoms with Gasteiger partial charge in [0.1, 0.15) is 0 Å². The molecule has 0 aliphatic rings. The molecule has 0 aromatic heterocycles. The Hall–Kier alpha value is -0.103. The van der Waals surface area contributed by atoms with Crippen molar-refractivity contribution in [3.05, 3.63) is 0 Å². The zero-order chi connectivity index (χ0) is 18.8. The Morgan fingerprint density at radius 2 is 0.429 bits per heavy atom. The Kier molecular flexibility index (Phi) is 34.6. The first-order chi connectivity index (χ1) is 8.93. The van der Waals surface area contributed by atoms with Crippen LogP contribution >= 0.6 is 0 Å². The zero-order valence-electron chi connectivity index (χ0n) is 14.4. The molecule has 0 aliphatic carbocycles. The highest BCUT2D eigenvalue weighted by molar-refractivity contribution is 6.46. The lowest BCUT2D eigenvalue weighted by Crippen LogP contribution is -2.33. The van der Waals surface area contributed by atoms with Gasteiger partial charge in [-0.3, -0.25) is 0 Å². The summed E-state index contributed by atoms with van der Waals surface area (Å²) >= 11 is 0. The maximum atomic E-state index is 8.06. The molecule has 0 radical (unpaired) electrons. The van der Waals surface area contributed by atoms with Crippen molar-refractivity contribution in [1.82, 2.24) is 0 Å². The molecule has 0 aliphatic heterocycles. The van der Waals surface area contributed by atoms with Crippen molar-refractivity contribution >= 4 is 9.05 Å². The SMILES string of the molecule is CC(C)O.CC(C)O.CC(C)O.CC(C)O.O[Si](O)(O)O. The fourth-order valence-corrected chi connectivity index (χ4v) is 0. The highest BCUT2D eigenvalue weighted by atomic mass is 28.4. The van der Waals surface area contributed by atoms with E-state index in [-0.39, 0.29) is 24.4 Å². The van der Waals surface area contributed by atoms with Gasteiger partial charge >= 0.3 is 9.05 Å². The summed E-state index contributed by atoms with van der Waals surface area (Å²) in [7, 11) is -4.61. The van der Waals surface area contributed by atoms with Crippen LogP contribution in [0.15, 0.2) is 0 Å². The van der Waals surface area contributed by atoms with Crippen molar-refractivity contribution in [2.24, 2.45) is 0 Å². The van der Waals surface area contributed by atoms with E-state index >= 15 is 0 Å². The number of hydrogen-bond donors (Lipinski definition) is 8. The Labute approximate surface area is 129 Å². The quantitative estimate of drug-likeness (QED) is 0.260. The Balaban J connectivity index is -0.0000000510. The van der Waals surface area contributed by atoms with Gasteiger partial charge in [0.05, 0.1) is 0 Å². The van der Waals surface area contributed by atoms with Gasteiger partial charge in [0, 0.05) is 24.4 Å². The molecule has 9 heteroatoms. The molecule has 8 nitrogen and oxygen atoms in total. The molecule has 8 N–H and O–H groups in total. The zero-order valence-corrected chi connectivity index (χ0v) is 15.4. The van der Waals surface area contributed by atoms with Gasteiger partial charge in [-0.05, 0) is 55.4 Å². The Morgan fingerprint density at radius 3 is 0.429 bits per heavy atom. The molecule has 0 bridgehead atoms. The van der Waals surface area contributed by atoms with Crippen molar-refractivity contribution in [1.29, 1.82) is 0 Å². The second-order valence-corrected chi connectivity index (χ2v) is 6.17. The average Bonchev–Trinajstić information content (AvgIpc) is 1.91. The molecule has 136 valence electrons. The summed E-state index contributed by atoms with van der Waals surface area (Å²) in [5.41, 5.74) is 0. The van der Waals surface area contributed by atoms with Crippen LogP contribution in [0.25, 0.3) is 0 Å². The van der Waals surface area contributed by atoms with Crippen LogP contribution in [0.3, 0.4) is 0 Å². The third kappa shape index (κ3) is 599000. The van der Waals surface area contributed by atoms with E-state index in [2.05, 4.69) is 0 Å². The molecular formula is C12H36O8Si. The first kappa shape index (κ1) is 32.7. The highest BCUT2D eigenvalue weighted by Gasteiger charge is 2.22. The number of hydrogen-bond acceptors (Lipinski definition) is 8. The summed E-state index contributed by atoms with van der Waals surface area (Å²) in [5.74, 6) is 0. The smallest absolute Gasteiger partial charge is 0.394 e. The Bertz CT molecular complexity index is 117. The molecule has 0 aromatic carbocycles. The van der Waals surface area contributed by atoms with Crippen LogP contribution in [0.2, 0.25) is 0 Å². The fourth-order valence-electron chi connectivity index (χ4n) is 0. The number of aliphatic hydroxyl groups is 4. The topological polar surface area (TPSA) is 162 Å². The fraction of sp³-hybridized carbons (Fsp3) is 1.00. The van der Waals surface area contributed by atoms with E-state index in [1.807, 2.05) is 0 Å². The van der Waals surface area contributed by atoms with Crippen molar-refractivity contribution in [3.8, 4) is 0 Å². The molecule has 0 amide bonds. The van der Waals surface area contributed by atoms with Crippen LogP contribution < -0.4 is 0 Å². The normalized spacial score (nSPS) is 9.71. The summed E-state index contributed by atoms with van der Waals surface area (Å²) in [6.45, 7) is 13.8. The van der Waals surface area contributed by atoms with Crippen LogP contribution in [-0.2, 0) is 0 Å². The molecule has 0 saturated carbocycles. The molecule has 0 saturated heterocycles. The monoisotopic (exact) mass is 336 g/mol. The maximum absolute atomic E-state index is 8.06. The molecule has 0 atom stereocenters. The average molecular weight is 336 g/mol. The van der Waals surface area contributed by atoms with E-state index in [0.29, 0.717) is 0 Å². The minimum absolute atomic E-state index is 0.167. The third-order valence-corrected chi connectivity index (χ3v) is 0. The molecule has 0 aromatic rings. The first-order valence-electron chi connectivity index (χ1n) is 6.55. The van der Waals surface area contributed by atoms with Crippen LogP contribution in [-0.4, -0.2) is 73.1 Å². The van der Waals surface area contributed by atoms with Crippen molar-refractivity contribution < 1.29 is 39.6 Å². The van der Waals surface area contributed by atoms with Gasteiger partial charge in [-0.15, -0.1) is 0 Å². The molecule has 0 unspecified atom stereocenters. The van der Waals surface area contributed by atoms with Gasteiger partial charge in [-0.1, -0.05) is 0 Å². The lowest BCUT2D eigenvalue weighted by molar-refractivity contribution is 0.117. The van der Waals surface area contributed by atoms with E-state index in [9.17, 15) is 0 Å². The van der Waals surface area contributed by atoms with E-state index in [1.54, 1.807) is 55.4 Å². The van der Waals surface area contributed by atoms with E-state index in [0.717, 1.165) is 0 Å². The van der Waals surface area contributed by atoms with Crippen LogP contribution in [0.4, 0.5) is 0 Å². The predicted octanol–water partition coefficient (Wildman–Crippen LogP) is -1.06. The number of rotatable bonds is 0. The number of aliphatic hydroxyl groups excluding tert-OH is 4. The largest absolute Gasteiger partial charge is 0.668 e. The standard InChI is InChI=1S/4C3H8O.H4O4Si/c4*1-3(2)4;1-5(2,3)4/h4*3-4H,1-2H3;1-4H. The van der Waals surface area contributed by atoms with Crippen molar-refractivity contribution in [2.45, 2.75) is 79.8 Å². The summed E-state index contributed by atoms with van der Waals surface area (Å²) in [6, 6.07) is 0. The molecule has 0 heterocycles. The predicted molar refractivity (Wildman–Crippen MR) is 84.0 cm³/mol. The first-order valence-corrected chi connectivity index (χ1v) is 8.33. The summed E-state index contributed by atoms with van der Waals surface area (Å²) in [5, 5.41) is 32.2. The van der Waals surface area contributed by atoms with Crippen molar-refractivity contribution in [2.75, 3.05) is 0 Å². The van der Waals surface area contributed by atoms with E-state index in [4.69, 9.17) is 39.6 Å². The van der Waals surface area contributed by atoms with Gasteiger partial charge in [0.15, 0.2) is 0 Å². The Morgan fingerprint density at radius 1 is 0.429 bits per heavy atom. The van der Waals surface area contributed by atoms with Gasteiger partial charge in [0.2, 0.25) is 0 Å². The second kappa shape index (κ2) is 22.2. The van der Waals surface area contributed by atoms with Gasteiger partial charge in [-0.25, -0.2) is 0 Å². The maximum Gasteiger partial charge on any atom is 0.668 e. The van der Waals surface area contributed by atoms with Crippen LogP contribution in [0, 0.1) is 0 Å². The van der Waals surface area contributed by atoms with Crippen molar-refractivity contribution in [3.63, 3.8) is 0 Å². The molecule has 0 spiro atoms. The van der Waals surface area contributed by atoms with Crippen LogP contribution in [0.1, 0.15) is 55.4 Å². The van der Waals surface area contributed by atoms with Gasteiger partial charge in [-0.2, -0.15) is 0 Å². The molecule has 21 heavy (non-hydrogen) atoms. The molecule has 0 fully saturated rings. The van der Waals surface area contributed by atoms with Gasteiger partial charge < -0.3 is 39.6 Å². The lowest BCUT2D eigenvalue weighted by Gasteiger charge is -1.91. The van der Waals surface area contributed by atoms with Gasteiger partial charge in [0.25, 0.3) is 0 Å². The van der Waals surface area contributed by atoms with E-state index in [1.165, 1.54) is 0 Å². The summed E-state index contributed by atoms with van der Waals surface area (Å²) in [6.07, 6.45) is -0.667. The minimum atomic E-state index is -4.61. The minimum Gasteiger partial charge on any atom is -0.394 e. The molecular weight excluding hydrogens is 300 g/mol. The molecule has 0 rings (SSSR count). The third-order valence-electron chi connectivity index (χ3n) is 0. The summed E-state index contributed by atoms with van der Waals surface area (Å²) < 4.78 is 0. The highest BCUT2D eigenvalue weighted by Crippen LogP contribution is 1.67. The summed E-state index contributed by atoms with van der Waals surface area (Å²) in [4.78, 5) is 29.3.